The highest BCUT2D eigenvalue weighted by molar-refractivity contribution is 7.99. The van der Waals surface area contributed by atoms with E-state index in [1.54, 1.807) is 18.0 Å². The standard InChI is InChI=1S/C21H28N4O4S/c1-14(2)10-18(21(28)29)25-20(27)17(11-15-12-22-13-23-15)24-19(26)8-9-30-16-6-4-3-5-7-16/h3-7,12-14,17-18H,8-11H2,1-2H3,(H,22,23)(H,24,26)(H,25,27)(H,28,29)/t17-,18-/m0/s1. The Morgan fingerprint density at radius 1 is 1.13 bits per heavy atom. The van der Waals surface area contributed by atoms with E-state index in [9.17, 15) is 19.5 Å². The number of hydrogen-bond acceptors (Lipinski definition) is 5. The quantitative estimate of drug-likeness (QED) is 0.381. The average Bonchev–Trinajstić information content (AvgIpc) is 3.20. The van der Waals surface area contributed by atoms with Crippen molar-refractivity contribution in [2.45, 2.75) is 50.1 Å². The van der Waals surface area contributed by atoms with Crippen LogP contribution in [0.2, 0.25) is 0 Å². The molecule has 0 aliphatic heterocycles. The number of carboxylic acids is 1. The summed E-state index contributed by atoms with van der Waals surface area (Å²) in [5, 5.41) is 14.7. The Balaban J connectivity index is 1.96. The predicted octanol–water partition coefficient (Wildman–Crippen LogP) is 2.23. The molecule has 2 aromatic rings. The summed E-state index contributed by atoms with van der Waals surface area (Å²) < 4.78 is 0. The molecule has 1 aromatic carbocycles. The Morgan fingerprint density at radius 2 is 1.87 bits per heavy atom. The van der Waals surface area contributed by atoms with E-state index in [1.165, 1.54) is 6.33 Å². The van der Waals surface area contributed by atoms with Gasteiger partial charge in [-0.05, 0) is 24.5 Å². The largest absolute Gasteiger partial charge is 0.480 e. The summed E-state index contributed by atoms with van der Waals surface area (Å²) in [5.74, 6) is -1.24. The third kappa shape index (κ3) is 8.28. The summed E-state index contributed by atoms with van der Waals surface area (Å²) in [6, 6.07) is 7.82. The molecule has 0 spiro atoms. The number of nitrogens with zero attached hydrogens (tertiary/aromatic N) is 1. The average molecular weight is 433 g/mol. The van der Waals surface area contributed by atoms with E-state index >= 15 is 0 Å². The molecule has 2 atom stereocenters. The zero-order valence-corrected chi connectivity index (χ0v) is 17.9. The van der Waals surface area contributed by atoms with Crippen LogP contribution in [0.25, 0.3) is 0 Å². The molecule has 0 aliphatic rings. The summed E-state index contributed by atoms with van der Waals surface area (Å²) in [4.78, 5) is 44.7. The summed E-state index contributed by atoms with van der Waals surface area (Å²) in [6.07, 6.45) is 3.83. The smallest absolute Gasteiger partial charge is 0.326 e. The number of aromatic amines is 1. The number of carboxylic acid groups (broad SMARTS) is 1. The molecule has 30 heavy (non-hydrogen) atoms. The summed E-state index contributed by atoms with van der Waals surface area (Å²) in [6.45, 7) is 3.77. The van der Waals surface area contributed by atoms with Gasteiger partial charge >= 0.3 is 5.97 Å². The fourth-order valence-corrected chi connectivity index (χ4v) is 3.70. The van der Waals surface area contributed by atoms with Gasteiger partial charge in [0.15, 0.2) is 0 Å². The third-order valence-electron chi connectivity index (χ3n) is 4.28. The number of thioether (sulfide) groups is 1. The first kappa shape index (κ1) is 23.5. The van der Waals surface area contributed by atoms with Crippen molar-refractivity contribution in [1.82, 2.24) is 20.6 Å². The maximum absolute atomic E-state index is 12.8. The highest BCUT2D eigenvalue weighted by Crippen LogP contribution is 2.17. The van der Waals surface area contributed by atoms with E-state index < -0.39 is 24.0 Å². The molecule has 2 rings (SSSR count). The first-order chi connectivity index (χ1) is 14.3. The molecule has 2 amide bonds. The molecule has 0 bridgehead atoms. The summed E-state index contributed by atoms with van der Waals surface area (Å²) in [5.41, 5.74) is 0.602. The lowest BCUT2D eigenvalue weighted by Gasteiger charge is -2.22. The summed E-state index contributed by atoms with van der Waals surface area (Å²) >= 11 is 1.55. The van der Waals surface area contributed by atoms with Crippen molar-refractivity contribution < 1.29 is 19.5 Å². The van der Waals surface area contributed by atoms with Gasteiger partial charge in [-0.1, -0.05) is 32.0 Å². The molecular formula is C21H28N4O4S. The van der Waals surface area contributed by atoms with Crippen LogP contribution >= 0.6 is 11.8 Å². The number of rotatable bonds is 12. The Hall–Kier alpha value is -2.81. The van der Waals surface area contributed by atoms with E-state index in [-0.39, 0.29) is 24.7 Å². The molecule has 4 N–H and O–H groups in total. The zero-order chi connectivity index (χ0) is 21.9. The minimum atomic E-state index is -1.10. The lowest BCUT2D eigenvalue weighted by Crippen LogP contribution is -2.52. The minimum absolute atomic E-state index is 0.0980. The monoisotopic (exact) mass is 432 g/mol. The van der Waals surface area contributed by atoms with Gasteiger partial charge in [-0.3, -0.25) is 9.59 Å². The minimum Gasteiger partial charge on any atom is -0.480 e. The molecule has 0 unspecified atom stereocenters. The van der Waals surface area contributed by atoms with Crippen molar-refractivity contribution in [2.24, 2.45) is 5.92 Å². The van der Waals surface area contributed by atoms with Gasteiger partial charge in [-0.25, -0.2) is 9.78 Å². The maximum atomic E-state index is 12.8. The second kappa shape index (κ2) is 12.0. The maximum Gasteiger partial charge on any atom is 0.326 e. The molecule has 0 saturated heterocycles. The third-order valence-corrected chi connectivity index (χ3v) is 5.30. The van der Waals surface area contributed by atoms with Gasteiger partial charge in [0.05, 0.1) is 12.0 Å². The molecule has 0 aliphatic carbocycles. The van der Waals surface area contributed by atoms with Gasteiger partial charge in [0.1, 0.15) is 12.1 Å². The Kier molecular flexibility index (Phi) is 9.40. The Morgan fingerprint density at radius 3 is 2.47 bits per heavy atom. The summed E-state index contributed by atoms with van der Waals surface area (Å²) in [7, 11) is 0. The van der Waals surface area contributed by atoms with E-state index in [0.29, 0.717) is 17.9 Å². The van der Waals surface area contributed by atoms with E-state index in [2.05, 4.69) is 20.6 Å². The molecular weight excluding hydrogens is 404 g/mol. The van der Waals surface area contributed by atoms with E-state index in [1.807, 2.05) is 44.2 Å². The van der Waals surface area contributed by atoms with Crippen LogP contribution in [-0.2, 0) is 20.8 Å². The lowest BCUT2D eigenvalue weighted by atomic mass is 10.0. The van der Waals surface area contributed by atoms with E-state index in [4.69, 9.17) is 0 Å². The van der Waals surface area contributed by atoms with Gasteiger partial charge < -0.3 is 20.7 Å². The van der Waals surface area contributed by atoms with Crippen molar-refractivity contribution in [1.29, 1.82) is 0 Å². The molecule has 9 heteroatoms. The SMILES string of the molecule is CC(C)C[C@H](NC(=O)[C@H](Cc1c[nH]cn1)NC(=O)CCSc1ccccc1)C(=O)O. The van der Waals surface area contributed by atoms with Crippen LogP contribution < -0.4 is 10.6 Å². The second-order valence-electron chi connectivity index (χ2n) is 7.33. The highest BCUT2D eigenvalue weighted by Gasteiger charge is 2.27. The number of benzene rings is 1. The number of carbonyl (C=O) groups excluding carboxylic acids is 2. The van der Waals surface area contributed by atoms with Crippen molar-refractivity contribution in [2.75, 3.05) is 5.75 Å². The van der Waals surface area contributed by atoms with Crippen LogP contribution in [0.4, 0.5) is 0 Å². The van der Waals surface area contributed by atoms with Crippen molar-refractivity contribution in [3.8, 4) is 0 Å². The number of hydrogen-bond donors (Lipinski definition) is 4. The second-order valence-corrected chi connectivity index (χ2v) is 8.49. The normalized spacial score (nSPS) is 12.9. The van der Waals surface area contributed by atoms with Crippen molar-refractivity contribution in [3.63, 3.8) is 0 Å². The van der Waals surface area contributed by atoms with Crippen LogP contribution in [0.15, 0.2) is 47.8 Å². The van der Waals surface area contributed by atoms with Crippen LogP contribution in [0.3, 0.4) is 0 Å². The molecule has 0 radical (unpaired) electrons. The fourth-order valence-electron chi connectivity index (χ4n) is 2.83. The predicted molar refractivity (Wildman–Crippen MR) is 115 cm³/mol. The van der Waals surface area contributed by atoms with Crippen LogP contribution in [0, 0.1) is 5.92 Å². The lowest BCUT2D eigenvalue weighted by molar-refractivity contribution is -0.142. The number of amides is 2. The Labute approximate surface area is 180 Å². The fraction of sp³-hybridized carbons (Fsp3) is 0.429. The zero-order valence-electron chi connectivity index (χ0n) is 17.1. The van der Waals surface area contributed by atoms with Crippen molar-refractivity contribution >= 4 is 29.5 Å². The topological polar surface area (TPSA) is 124 Å². The van der Waals surface area contributed by atoms with Crippen LogP contribution in [-0.4, -0.2) is 50.7 Å². The van der Waals surface area contributed by atoms with Gasteiger partial charge in [0, 0.05) is 29.7 Å². The molecule has 8 nitrogen and oxygen atoms in total. The first-order valence-corrected chi connectivity index (χ1v) is 10.8. The number of aromatic nitrogens is 2. The van der Waals surface area contributed by atoms with Crippen LogP contribution in [0.1, 0.15) is 32.4 Å². The first-order valence-electron chi connectivity index (χ1n) is 9.83. The molecule has 1 heterocycles. The molecule has 0 saturated carbocycles. The number of H-pyrrole nitrogens is 1. The van der Waals surface area contributed by atoms with Gasteiger partial charge in [0.25, 0.3) is 0 Å². The number of nitrogens with one attached hydrogen (secondary N) is 3. The van der Waals surface area contributed by atoms with Gasteiger partial charge in [0.2, 0.25) is 11.8 Å². The number of aliphatic carboxylic acids is 1. The molecule has 162 valence electrons. The number of imidazole rings is 1. The number of carbonyl (C=O) groups is 3. The molecule has 0 fully saturated rings. The Bertz CT molecular complexity index is 812. The van der Waals surface area contributed by atoms with Gasteiger partial charge in [-0.15, -0.1) is 11.8 Å². The molecule has 1 aromatic heterocycles. The van der Waals surface area contributed by atoms with E-state index in [0.717, 1.165) is 4.90 Å². The van der Waals surface area contributed by atoms with Crippen LogP contribution in [0.5, 0.6) is 0 Å². The highest BCUT2D eigenvalue weighted by atomic mass is 32.2. The van der Waals surface area contributed by atoms with Crippen molar-refractivity contribution in [3.05, 3.63) is 48.5 Å². The van der Waals surface area contributed by atoms with Gasteiger partial charge in [-0.2, -0.15) is 0 Å².